The van der Waals surface area contributed by atoms with Crippen LogP contribution in [-0.2, 0) is 14.3 Å². The van der Waals surface area contributed by atoms with Crippen LogP contribution in [0.5, 0.6) is 0 Å². The predicted octanol–water partition coefficient (Wildman–Crippen LogP) is 1.51. The zero-order valence-corrected chi connectivity index (χ0v) is 8.43. The van der Waals surface area contributed by atoms with Gasteiger partial charge in [0.2, 0.25) is 0 Å². The highest BCUT2D eigenvalue weighted by Gasteiger charge is 2.41. The van der Waals surface area contributed by atoms with Gasteiger partial charge in [-0.15, -0.1) is 0 Å². The first-order chi connectivity index (χ1) is 7.43. The maximum atomic E-state index is 12.4. The van der Waals surface area contributed by atoms with E-state index in [0.29, 0.717) is 13.0 Å². The first-order valence-corrected chi connectivity index (χ1v) is 4.77. The van der Waals surface area contributed by atoms with Crippen molar-refractivity contribution in [1.82, 2.24) is 0 Å². The number of halogens is 4. The van der Waals surface area contributed by atoms with E-state index in [9.17, 15) is 22.4 Å². The minimum Gasteiger partial charge on any atom is -0.381 e. The summed E-state index contributed by atoms with van der Waals surface area (Å²) in [6, 6.07) is 0. The third kappa shape index (κ3) is 3.71. The molecule has 0 aliphatic carbocycles. The lowest BCUT2D eigenvalue weighted by molar-refractivity contribution is -0.168. The molecule has 0 aromatic rings. The summed E-state index contributed by atoms with van der Waals surface area (Å²) in [6.07, 6.45) is -3.26. The van der Waals surface area contributed by atoms with E-state index in [2.05, 4.69) is 4.74 Å². The fraction of sp³-hybridized carbons (Fsp3) is 0.889. The third-order valence-corrected chi connectivity index (χ3v) is 2.24. The van der Waals surface area contributed by atoms with Gasteiger partial charge >= 0.3 is 12.3 Å². The number of Topliss-reactive ketones (excluding diaryl/α,β-unsaturated/α-hetero) is 1. The van der Waals surface area contributed by atoms with Crippen molar-refractivity contribution >= 4 is 5.78 Å². The number of ether oxygens (including phenoxy) is 2. The van der Waals surface area contributed by atoms with E-state index in [-0.39, 0.29) is 18.3 Å². The van der Waals surface area contributed by atoms with Gasteiger partial charge in [0.15, 0.2) is 5.78 Å². The highest BCUT2D eigenvalue weighted by Crippen LogP contribution is 2.23. The quantitative estimate of drug-likeness (QED) is 0.664. The Hall–Kier alpha value is -0.690. The lowest BCUT2D eigenvalue weighted by atomic mass is 10.0. The molecular weight excluding hydrogens is 232 g/mol. The topological polar surface area (TPSA) is 35.5 Å². The highest BCUT2D eigenvalue weighted by molar-refractivity contribution is 5.82. The third-order valence-electron chi connectivity index (χ3n) is 2.24. The Kier molecular flexibility index (Phi) is 4.67. The molecule has 16 heavy (non-hydrogen) atoms. The zero-order chi connectivity index (χ0) is 12.2. The molecule has 1 heterocycles. The van der Waals surface area contributed by atoms with Gasteiger partial charge < -0.3 is 9.47 Å². The predicted molar refractivity (Wildman–Crippen MR) is 45.7 cm³/mol. The molecule has 1 aliphatic rings. The molecule has 3 nitrogen and oxygen atoms in total. The molecule has 1 fully saturated rings. The van der Waals surface area contributed by atoms with E-state index in [1.165, 1.54) is 0 Å². The normalized spacial score (nSPS) is 21.7. The van der Waals surface area contributed by atoms with Crippen LogP contribution in [0.15, 0.2) is 0 Å². The molecule has 94 valence electrons. The van der Waals surface area contributed by atoms with E-state index in [4.69, 9.17) is 4.74 Å². The van der Waals surface area contributed by atoms with Gasteiger partial charge in [0.25, 0.3) is 0 Å². The maximum absolute atomic E-state index is 12.4. The SMILES string of the molecule is O=C(COCC(F)(F)C(F)F)C1CCOC1. The van der Waals surface area contributed by atoms with Crippen LogP contribution in [0.25, 0.3) is 0 Å². The van der Waals surface area contributed by atoms with E-state index < -0.39 is 25.6 Å². The number of alkyl halides is 4. The van der Waals surface area contributed by atoms with Crippen LogP contribution in [0.1, 0.15) is 6.42 Å². The second-order valence-corrected chi connectivity index (χ2v) is 3.58. The number of carbonyl (C=O) groups excluding carboxylic acids is 1. The lowest BCUT2D eigenvalue weighted by Crippen LogP contribution is -2.34. The Morgan fingerprint density at radius 1 is 1.50 bits per heavy atom. The van der Waals surface area contributed by atoms with Gasteiger partial charge in [-0.1, -0.05) is 0 Å². The van der Waals surface area contributed by atoms with Crippen molar-refractivity contribution in [2.24, 2.45) is 5.92 Å². The molecule has 0 bridgehead atoms. The first-order valence-electron chi connectivity index (χ1n) is 4.77. The summed E-state index contributed by atoms with van der Waals surface area (Å²) in [6.45, 7) is -1.32. The van der Waals surface area contributed by atoms with Crippen molar-refractivity contribution in [2.75, 3.05) is 26.4 Å². The van der Waals surface area contributed by atoms with Crippen LogP contribution in [-0.4, -0.2) is 44.6 Å². The van der Waals surface area contributed by atoms with Crippen molar-refractivity contribution in [2.45, 2.75) is 18.8 Å². The second kappa shape index (κ2) is 5.58. The monoisotopic (exact) mass is 244 g/mol. The minimum absolute atomic E-state index is 0.243. The molecule has 0 N–H and O–H groups in total. The summed E-state index contributed by atoms with van der Waals surface area (Å²) in [5.74, 6) is -4.95. The molecule has 1 unspecified atom stereocenters. The molecule has 1 atom stereocenters. The Balaban J connectivity index is 2.22. The molecule has 7 heteroatoms. The summed E-state index contributed by atoms with van der Waals surface area (Å²) < 4.78 is 57.4. The largest absolute Gasteiger partial charge is 0.381 e. The number of rotatable bonds is 6. The number of hydrogen-bond donors (Lipinski definition) is 0. The van der Waals surface area contributed by atoms with Gasteiger partial charge in [0.1, 0.15) is 13.2 Å². The van der Waals surface area contributed by atoms with Crippen molar-refractivity contribution in [3.63, 3.8) is 0 Å². The lowest BCUT2D eigenvalue weighted by Gasteiger charge is -2.15. The Morgan fingerprint density at radius 2 is 2.19 bits per heavy atom. The zero-order valence-electron chi connectivity index (χ0n) is 8.43. The van der Waals surface area contributed by atoms with Gasteiger partial charge in [-0.3, -0.25) is 4.79 Å². The number of carbonyl (C=O) groups is 1. The van der Waals surface area contributed by atoms with Gasteiger partial charge in [-0.05, 0) is 6.42 Å². The Bertz CT molecular complexity index is 239. The molecule has 0 aromatic carbocycles. The molecule has 0 radical (unpaired) electrons. The second-order valence-electron chi connectivity index (χ2n) is 3.58. The molecule has 0 spiro atoms. The summed E-state index contributed by atoms with van der Waals surface area (Å²) in [4.78, 5) is 11.3. The van der Waals surface area contributed by atoms with Crippen molar-refractivity contribution in [1.29, 1.82) is 0 Å². The van der Waals surface area contributed by atoms with Gasteiger partial charge in [-0.25, -0.2) is 8.78 Å². The van der Waals surface area contributed by atoms with Crippen molar-refractivity contribution in [3.05, 3.63) is 0 Å². The fourth-order valence-electron chi connectivity index (χ4n) is 1.26. The van der Waals surface area contributed by atoms with E-state index >= 15 is 0 Å². The summed E-state index contributed by atoms with van der Waals surface area (Å²) in [7, 11) is 0. The van der Waals surface area contributed by atoms with Gasteiger partial charge in [0, 0.05) is 12.5 Å². The van der Waals surface area contributed by atoms with Crippen LogP contribution >= 0.6 is 0 Å². The Morgan fingerprint density at radius 3 is 2.69 bits per heavy atom. The molecular formula is C9H12F4O3. The smallest absolute Gasteiger partial charge is 0.330 e. The average molecular weight is 244 g/mol. The van der Waals surface area contributed by atoms with Crippen molar-refractivity contribution < 1.29 is 31.8 Å². The standard InChI is InChI=1S/C9H12F4O3/c10-8(11)9(12,13)5-16-4-7(14)6-1-2-15-3-6/h6,8H,1-5H2. The number of ketones is 1. The molecule has 1 saturated heterocycles. The van der Waals surface area contributed by atoms with Crippen LogP contribution in [0, 0.1) is 5.92 Å². The van der Waals surface area contributed by atoms with Crippen LogP contribution in [0.3, 0.4) is 0 Å². The Labute approximate surface area is 89.7 Å². The summed E-state index contributed by atoms with van der Waals surface area (Å²) in [5.41, 5.74) is 0. The number of hydrogen-bond acceptors (Lipinski definition) is 3. The molecule has 0 amide bonds. The van der Waals surface area contributed by atoms with Crippen LogP contribution in [0.4, 0.5) is 17.6 Å². The molecule has 0 aromatic heterocycles. The van der Waals surface area contributed by atoms with Gasteiger partial charge in [-0.2, -0.15) is 8.78 Å². The fourth-order valence-corrected chi connectivity index (χ4v) is 1.26. The van der Waals surface area contributed by atoms with Crippen LogP contribution in [0.2, 0.25) is 0 Å². The molecule has 1 aliphatic heterocycles. The van der Waals surface area contributed by atoms with Gasteiger partial charge in [0.05, 0.1) is 6.61 Å². The minimum atomic E-state index is -4.20. The van der Waals surface area contributed by atoms with E-state index in [0.717, 1.165) is 0 Å². The van der Waals surface area contributed by atoms with Crippen LogP contribution < -0.4 is 0 Å². The molecule has 1 rings (SSSR count). The van der Waals surface area contributed by atoms with E-state index in [1.54, 1.807) is 0 Å². The summed E-state index contributed by atoms with van der Waals surface area (Å²) in [5, 5.41) is 0. The van der Waals surface area contributed by atoms with Crippen molar-refractivity contribution in [3.8, 4) is 0 Å². The summed E-state index contributed by atoms with van der Waals surface area (Å²) >= 11 is 0. The first kappa shape index (κ1) is 13.4. The maximum Gasteiger partial charge on any atom is 0.330 e. The molecule has 0 saturated carbocycles. The average Bonchev–Trinajstić information content (AvgIpc) is 2.69. The highest BCUT2D eigenvalue weighted by atomic mass is 19.3. The van der Waals surface area contributed by atoms with E-state index in [1.807, 2.05) is 0 Å².